The monoisotopic (exact) mass is 324 g/mol. The number of fused-ring (bicyclic) bond motifs is 1. The summed E-state index contributed by atoms with van der Waals surface area (Å²) in [5.74, 6) is -1.79. The van der Waals surface area contributed by atoms with Gasteiger partial charge in [0.15, 0.2) is 5.58 Å². The lowest BCUT2D eigenvalue weighted by molar-refractivity contribution is -0.156. The van der Waals surface area contributed by atoms with Gasteiger partial charge in [0.05, 0.1) is 5.69 Å². The van der Waals surface area contributed by atoms with Crippen LogP contribution in [0.25, 0.3) is 11.1 Å². The topological polar surface area (TPSA) is 73.0 Å². The number of para-hydroxylation sites is 1. The van der Waals surface area contributed by atoms with Crippen molar-refractivity contribution in [2.75, 3.05) is 5.32 Å². The fraction of sp³-hybridized carbons (Fsp3) is 0.214. The Labute approximate surface area is 127 Å². The summed E-state index contributed by atoms with van der Waals surface area (Å²) in [5.41, 5.74) is 0.0356. The molecule has 0 bridgehead atoms. The quantitative estimate of drug-likeness (QED) is 0.803. The molecular formula is C14H11F3N4O2. The first-order valence-corrected chi connectivity index (χ1v) is 6.63. The maximum atomic E-state index is 12.7. The van der Waals surface area contributed by atoms with Crippen LogP contribution in [-0.4, -0.2) is 20.7 Å². The molecule has 1 amide bonds. The Morgan fingerprint density at radius 2 is 2.13 bits per heavy atom. The molecule has 1 aromatic carbocycles. The predicted molar refractivity (Wildman–Crippen MR) is 74.6 cm³/mol. The second kappa shape index (κ2) is 5.41. The molecule has 0 spiro atoms. The van der Waals surface area contributed by atoms with Crippen molar-refractivity contribution in [3.63, 3.8) is 0 Å². The Morgan fingerprint density at radius 3 is 2.78 bits per heavy atom. The van der Waals surface area contributed by atoms with Gasteiger partial charge in [0, 0.05) is 12.4 Å². The molecule has 0 aliphatic heterocycles. The number of amides is 1. The molecule has 3 aromatic rings. The highest BCUT2D eigenvalue weighted by molar-refractivity contribution is 6.00. The van der Waals surface area contributed by atoms with E-state index in [1.807, 2.05) is 0 Å². The van der Waals surface area contributed by atoms with Crippen LogP contribution in [0, 0.1) is 0 Å². The molecule has 120 valence electrons. The van der Waals surface area contributed by atoms with E-state index in [1.165, 1.54) is 29.1 Å². The zero-order valence-electron chi connectivity index (χ0n) is 11.8. The van der Waals surface area contributed by atoms with Gasteiger partial charge in [-0.25, -0.2) is 4.98 Å². The predicted octanol–water partition coefficient (Wildman–Crippen LogP) is 3.24. The van der Waals surface area contributed by atoms with Gasteiger partial charge in [-0.05, 0) is 25.1 Å². The van der Waals surface area contributed by atoms with Crippen LogP contribution in [-0.2, 0) is 11.0 Å². The normalized spacial score (nSPS) is 13.2. The number of carbonyl (C=O) groups is 1. The molecule has 2 heterocycles. The van der Waals surface area contributed by atoms with E-state index in [9.17, 15) is 18.0 Å². The Bertz CT molecular complexity index is 839. The number of nitrogens with one attached hydrogen (secondary N) is 1. The van der Waals surface area contributed by atoms with E-state index in [0.717, 1.165) is 0 Å². The van der Waals surface area contributed by atoms with Gasteiger partial charge < -0.3 is 9.73 Å². The van der Waals surface area contributed by atoms with Crippen molar-refractivity contribution in [3.05, 3.63) is 42.5 Å². The lowest BCUT2D eigenvalue weighted by Crippen LogP contribution is -2.24. The molecule has 0 fully saturated rings. The maximum absolute atomic E-state index is 12.7. The van der Waals surface area contributed by atoms with Crippen molar-refractivity contribution in [1.82, 2.24) is 14.8 Å². The number of benzene rings is 1. The first kappa shape index (κ1) is 15.1. The number of nitrogens with zero attached hydrogens (tertiary/aromatic N) is 3. The van der Waals surface area contributed by atoms with Crippen molar-refractivity contribution >= 4 is 22.7 Å². The van der Waals surface area contributed by atoms with E-state index < -0.39 is 24.0 Å². The molecule has 1 N–H and O–H groups in total. The van der Waals surface area contributed by atoms with E-state index in [4.69, 9.17) is 0 Å². The van der Waals surface area contributed by atoms with Crippen molar-refractivity contribution in [2.24, 2.45) is 0 Å². The summed E-state index contributed by atoms with van der Waals surface area (Å²) in [6, 6.07) is 5.32. The Balaban J connectivity index is 1.91. The molecule has 23 heavy (non-hydrogen) atoms. The molecule has 9 heteroatoms. The number of hydrogen-bond acceptors (Lipinski definition) is 4. The number of rotatable bonds is 3. The molecule has 0 unspecified atom stereocenters. The third kappa shape index (κ3) is 2.89. The molecule has 0 radical (unpaired) electrons. The molecule has 1 atom stereocenters. The van der Waals surface area contributed by atoms with E-state index in [-0.39, 0.29) is 16.8 Å². The summed E-state index contributed by atoms with van der Waals surface area (Å²) >= 11 is 0. The Kier molecular flexibility index (Phi) is 3.55. The summed E-state index contributed by atoms with van der Waals surface area (Å²) in [6.45, 7) is 1.62. The van der Waals surface area contributed by atoms with E-state index in [1.54, 1.807) is 19.2 Å². The van der Waals surface area contributed by atoms with Crippen LogP contribution in [0.4, 0.5) is 18.9 Å². The molecule has 0 saturated heterocycles. The fourth-order valence-corrected chi connectivity index (χ4v) is 2.04. The minimum Gasteiger partial charge on any atom is -0.433 e. The smallest absolute Gasteiger partial charge is 0.433 e. The molecule has 2 aromatic heterocycles. The summed E-state index contributed by atoms with van der Waals surface area (Å²) in [5, 5.41) is 6.50. The zero-order chi connectivity index (χ0) is 16.6. The largest absolute Gasteiger partial charge is 0.468 e. The minimum atomic E-state index is -4.69. The van der Waals surface area contributed by atoms with Crippen LogP contribution in [0.15, 0.2) is 41.1 Å². The van der Waals surface area contributed by atoms with Crippen LogP contribution in [0.3, 0.4) is 0 Å². The average molecular weight is 324 g/mol. The van der Waals surface area contributed by atoms with Crippen LogP contribution in [0.5, 0.6) is 0 Å². The number of aromatic nitrogens is 3. The third-order valence-electron chi connectivity index (χ3n) is 3.22. The number of halogens is 3. The first-order valence-electron chi connectivity index (χ1n) is 6.63. The number of oxazole rings is 1. The van der Waals surface area contributed by atoms with Gasteiger partial charge >= 0.3 is 12.1 Å². The van der Waals surface area contributed by atoms with Crippen molar-refractivity contribution in [3.8, 4) is 0 Å². The number of carbonyl (C=O) groups excluding carboxylic acids is 1. The van der Waals surface area contributed by atoms with Gasteiger partial charge in [-0.2, -0.15) is 18.3 Å². The second-order valence-corrected chi connectivity index (χ2v) is 4.82. The Hall–Kier alpha value is -2.84. The molecular weight excluding hydrogens is 313 g/mol. The molecule has 0 aliphatic rings. The number of alkyl halides is 3. The van der Waals surface area contributed by atoms with E-state index in [2.05, 4.69) is 19.8 Å². The molecule has 6 nitrogen and oxygen atoms in total. The fourth-order valence-electron chi connectivity index (χ4n) is 2.04. The SMILES string of the molecule is C[C@@H](C(=O)Nc1cccc2oc(C(F)(F)F)nc12)n1cccn1. The standard InChI is InChI=1S/C14H11F3N4O2/c1-8(21-7-3-6-18-21)12(22)19-9-4-2-5-10-11(9)20-13(23-10)14(15,16)17/h2-8H,1H3,(H,19,22)/t8-/m0/s1. The van der Waals surface area contributed by atoms with Crippen LogP contribution in [0.1, 0.15) is 18.9 Å². The second-order valence-electron chi connectivity index (χ2n) is 4.82. The molecule has 3 rings (SSSR count). The van der Waals surface area contributed by atoms with Crippen LogP contribution in [0.2, 0.25) is 0 Å². The van der Waals surface area contributed by atoms with Crippen LogP contribution < -0.4 is 5.32 Å². The van der Waals surface area contributed by atoms with Crippen molar-refractivity contribution in [1.29, 1.82) is 0 Å². The maximum Gasteiger partial charge on any atom is 0.468 e. The highest BCUT2D eigenvalue weighted by Crippen LogP contribution is 2.33. The van der Waals surface area contributed by atoms with E-state index >= 15 is 0 Å². The first-order chi connectivity index (χ1) is 10.9. The summed E-state index contributed by atoms with van der Waals surface area (Å²) in [6.07, 6.45) is -1.55. The van der Waals surface area contributed by atoms with Crippen molar-refractivity contribution in [2.45, 2.75) is 19.1 Å². The van der Waals surface area contributed by atoms with Gasteiger partial charge in [0.25, 0.3) is 0 Å². The number of anilines is 1. The third-order valence-corrected chi connectivity index (χ3v) is 3.22. The zero-order valence-corrected chi connectivity index (χ0v) is 11.8. The molecule has 0 aliphatic carbocycles. The Morgan fingerprint density at radius 1 is 1.35 bits per heavy atom. The highest BCUT2D eigenvalue weighted by atomic mass is 19.4. The van der Waals surface area contributed by atoms with Gasteiger partial charge in [-0.15, -0.1) is 0 Å². The number of hydrogen-bond donors (Lipinski definition) is 1. The van der Waals surface area contributed by atoms with Gasteiger partial charge in [-0.3, -0.25) is 9.48 Å². The summed E-state index contributed by atoms with van der Waals surface area (Å²) in [4.78, 5) is 15.6. The summed E-state index contributed by atoms with van der Waals surface area (Å²) < 4.78 is 44.2. The van der Waals surface area contributed by atoms with Gasteiger partial charge in [0.1, 0.15) is 11.6 Å². The van der Waals surface area contributed by atoms with Crippen molar-refractivity contribution < 1.29 is 22.4 Å². The van der Waals surface area contributed by atoms with Gasteiger partial charge in [0.2, 0.25) is 5.91 Å². The molecule has 0 saturated carbocycles. The summed E-state index contributed by atoms with van der Waals surface area (Å²) in [7, 11) is 0. The lowest BCUT2D eigenvalue weighted by Gasteiger charge is -2.12. The van der Waals surface area contributed by atoms with Crippen LogP contribution >= 0.6 is 0 Å². The van der Waals surface area contributed by atoms with Gasteiger partial charge in [-0.1, -0.05) is 6.07 Å². The van der Waals surface area contributed by atoms with E-state index in [0.29, 0.717) is 0 Å². The highest BCUT2D eigenvalue weighted by Gasteiger charge is 2.37. The average Bonchev–Trinajstić information content (AvgIpc) is 3.15. The minimum absolute atomic E-state index is 0.0538. The lowest BCUT2D eigenvalue weighted by atomic mass is 10.2.